The Kier molecular flexibility index (Phi) is 128. The van der Waals surface area contributed by atoms with Gasteiger partial charge in [0.2, 0.25) is 0 Å². The van der Waals surface area contributed by atoms with Crippen molar-refractivity contribution in [3.8, 4) is 0 Å². The third kappa shape index (κ3) is 145. The first kappa shape index (κ1) is 79.0. The van der Waals surface area contributed by atoms with Gasteiger partial charge in [-0.2, -0.15) is 0 Å². The smallest absolute Gasteiger partial charge is 0.0353 e. The second-order valence-corrected chi connectivity index (χ2v) is 17.1. The van der Waals surface area contributed by atoms with Gasteiger partial charge in [-0.05, 0) is 103 Å². The van der Waals surface area contributed by atoms with Crippen molar-refractivity contribution in [3.63, 3.8) is 0 Å². The monoisotopic (exact) mass is 897 g/mol. The molecule has 0 saturated carbocycles. The molecule has 0 heteroatoms. The fourth-order valence-corrected chi connectivity index (χ4v) is 5.72. The van der Waals surface area contributed by atoms with Gasteiger partial charge in [-0.15, -0.1) is 52.6 Å². The van der Waals surface area contributed by atoms with Crippen LogP contribution in [0.25, 0.3) is 0 Å². The lowest BCUT2D eigenvalue weighted by Crippen LogP contribution is -1.71. The summed E-state index contributed by atoms with van der Waals surface area (Å²) in [4.78, 5) is 0. The van der Waals surface area contributed by atoms with Crippen LogP contribution in [0.5, 0.6) is 0 Å². The van der Waals surface area contributed by atoms with Gasteiger partial charge in [0.25, 0.3) is 0 Å². The van der Waals surface area contributed by atoms with Gasteiger partial charge in [-0.25, -0.2) is 0 Å². The third-order valence-corrected chi connectivity index (χ3v) is 10.1. The summed E-state index contributed by atoms with van der Waals surface area (Å²) in [6.45, 7) is 47.1. The summed E-state index contributed by atoms with van der Waals surface area (Å²) >= 11 is 0. The molecule has 0 rings (SSSR count). The Bertz CT molecular complexity index is 560. The van der Waals surface area contributed by atoms with E-state index in [1.165, 1.54) is 257 Å². The Morgan fingerprint density at radius 3 is 0.312 bits per heavy atom. The molecule has 0 aromatic heterocycles. The van der Waals surface area contributed by atoms with E-state index in [0.717, 1.165) is 0 Å². The molecule has 0 heterocycles. The van der Waals surface area contributed by atoms with Crippen molar-refractivity contribution >= 4 is 0 Å². The quantitative estimate of drug-likeness (QED) is 0.0425. The van der Waals surface area contributed by atoms with E-state index in [9.17, 15) is 0 Å². The minimum Gasteiger partial charge on any atom is -0.103 e. The van der Waals surface area contributed by atoms with Gasteiger partial charge in [-0.3, -0.25) is 0 Å². The molecule has 0 aliphatic carbocycles. The van der Waals surface area contributed by atoms with Gasteiger partial charge >= 0.3 is 0 Å². The highest BCUT2D eigenvalue weighted by Gasteiger charge is 1.86. The van der Waals surface area contributed by atoms with Crippen molar-refractivity contribution in [2.24, 2.45) is 0 Å². The van der Waals surface area contributed by atoms with Crippen molar-refractivity contribution in [1.82, 2.24) is 0 Å². The lowest BCUT2D eigenvalue weighted by atomic mass is 10.2. The molecule has 0 radical (unpaired) electrons. The Balaban J connectivity index is -0.0000000933. The molecule has 0 saturated heterocycles. The predicted molar refractivity (Wildman–Crippen MR) is 312 cm³/mol. The van der Waals surface area contributed by atoms with E-state index < -0.39 is 0 Å². The lowest BCUT2D eigenvalue weighted by Gasteiger charge is -1.91. The van der Waals surface area contributed by atoms with Gasteiger partial charge in [0.05, 0.1) is 0 Å². The summed E-state index contributed by atoms with van der Waals surface area (Å²) in [5.41, 5.74) is 0. The van der Waals surface area contributed by atoms with Crippen molar-refractivity contribution < 1.29 is 0 Å². The SMILES string of the molecule is C=CCCCCCC.C=CCCCCCC.C=CCCCCCC.C=CCCCCCC.C=CCCCCCC.C=CCCCCCC.C=CCCCCCC.C=CCCCCCC. The van der Waals surface area contributed by atoms with Gasteiger partial charge in [-0.1, -0.05) is 258 Å². The van der Waals surface area contributed by atoms with Crippen LogP contribution < -0.4 is 0 Å². The summed E-state index contributed by atoms with van der Waals surface area (Å²) in [6.07, 6.45) is 68.9. The van der Waals surface area contributed by atoms with Crippen molar-refractivity contribution in [2.75, 3.05) is 0 Å². The maximum Gasteiger partial charge on any atom is -0.0353 e. The molecule has 0 spiro atoms. The Hall–Kier alpha value is -2.08. The zero-order valence-electron chi connectivity index (χ0n) is 46.6. The standard InChI is InChI=1S/8C8H16/c8*1-3-5-7-8-6-4-2/h8*3H,1,4-8H2,2H3. The first-order valence-electron chi connectivity index (χ1n) is 28.2. The van der Waals surface area contributed by atoms with Gasteiger partial charge in [0.1, 0.15) is 0 Å². The van der Waals surface area contributed by atoms with Crippen LogP contribution in [0.4, 0.5) is 0 Å². The lowest BCUT2D eigenvalue weighted by molar-refractivity contribution is 0.675. The van der Waals surface area contributed by atoms with Crippen LogP contribution in [0.3, 0.4) is 0 Å². The average Bonchev–Trinajstić information content (AvgIpc) is 3.32. The minimum absolute atomic E-state index is 1.19. The van der Waals surface area contributed by atoms with Crippen LogP contribution in [0, 0.1) is 0 Å². The van der Waals surface area contributed by atoms with Crippen molar-refractivity contribution in [3.05, 3.63) is 101 Å². The molecular weight excluding hydrogens is 769 g/mol. The molecule has 0 aromatic carbocycles. The number of hydrogen-bond donors (Lipinski definition) is 0. The first-order valence-corrected chi connectivity index (χ1v) is 28.2. The molecular formula is C64H128. The summed E-state index contributed by atoms with van der Waals surface area (Å²) < 4.78 is 0. The van der Waals surface area contributed by atoms with Gasteiger partial charge in [0, 0.05) is 0 Å². The third-order valence-electron chi connectivity index (χ3n) is 10.1. The number of rotatable bonds is 40. The van der Waals surface area contributed by atoms with Gasteiger partial charge in [0.15, 0.2) is 0 Å². The molecule has 0 N–H and O–H groups in total. The maximum absolute atomic E-state index is 3.66. The fraction of sp³-hybridized carbons (Fsp3) is 0.750. The Morgan fingerprint density at radius 1 is 0.156 bits per heavy atom. The van der Waals surface area contributed by atoms with E-state index in [-0.39, 0.29) is 0 Å². The molecule has 0 bridgehead atoms. The molecule has 0 fully saturated rings. The van der Waals surface area contributed by atoms with E-state index in [1.54, 1.807) is 0 Å². The van der Waals surface area contributed by atoms with Crippen LogP contribution in [0.2, 0.25) is 0 Å². The van der Waals surface area contributed by atoms with Crippen molar-refractivity contribution in [1.29, 1.82) is 0 Å². The molecule has 64 heavy (non-hydrogen) atoms. The Labute approximate surface area is 411 Å². The first-order chi connectivity index (χ1) is 31.3. The zero-order chi connectivity index (χ0) is 49.9. The zero-order valence-corrected chi connectivity index (χ0v) is 46.6. The minimum atomic E-state index is 1.19. The second-order valence-electron chi connectivity index (χ2n) is 17.1. The van der Waals surface area contributed by atoms with E-state index in [0.29, 0.717) is 0 Å². The van der Waals surface area contributed by atoms with E-state index in [4.69, 9.17) is 0 Å². The predicted octanol–water partition coefficient (Wildman–Crippen LogP) is 25.1. The highest BCUT2D eigenvalue weighted by atomic mass is 13.9. The molecule has 0 atom stereocenters. The second kappa shape index (κ2) is 104. The van der Waals surface area contributed by atoms with E-state index in [2.05, 4.69) is 108 Å². The number of allylic oxidation sites excluding steroid dienone is 8. The summed E-state index contributed by atoms with van der Waals surface area (Å²) in [7, 11) is 0. The largest absolute Gasteiger partial charge is 0.103 e. The summed E-state index contributed by atoms with van der Waals surface area (Å²) in [5, 5.41) is 0. The number of hydrogen-bond acceptors (Lipinski definition) is 0. The van der Waals surface area contributed by atoms with Crippen LogP contribution in [-0.2, 0) is 0 Å². The van der Waals surface area contributed by atoms with Crippen LogP contribution in [0.1, 0.15) is 312 Å². The van der Waals surface area contributed by atoms with E-state index in [1.807, 2.05) is 48.6 Å². The molecule has 0 aliphatic rings. The van der Waals surface area contributed by atoms with Crippen LogP contribution in [0.15, 0.2) is 101 Å². The fourth-order valence-electron chi connectivity index (χ4n) is 5.72. The topological polar surface area (TPSA) is 0 Å². The number of unbranched alkanes of at least 4 members (excludes halogenated alkanes) is 32. The summed E-state index contributed by atoms with van der Waals surface area (Å²) in [6, 6.07) is 0. The molecule has 0 nitrogen and oxygen atoms in total. The highest BCUT2D eigenvalue weighted by Crippen LogP contribution is 2.06. The maximum atomic E-state index is 3.66. The molecule has 0 amide bonds. The molecule has 0 unspecified atom stereocenters. The molecule has 0 aliphatic heterocycles. The van der Waals surface area contributed by atoms with Crippen LogP contribution >= 0.6 is 0 Å². The highest BCUT2D eigenvalue weighted by molar-refractivity contribution is 4.68. The van der Waals surface area contributed by atoms with E-state index >= 15 is 0 Å². The van der Waals surface area contributed by atoms with Crippen LogP contribution in [-0.4, -0.2) is 0 Å². The average molecular weight is 898 g/mol. The summed E-state index contributed by atoms with van der Waals surface area (Å²) in [5.74, 6) is 0. The van der Waals surface area contributed by atoms with Gasteiger partial charge < -0.3 is 0 Å². The molecule has 0 aromatic rings. The molecule has 384 valence electrons. The van der Waals surface area contributed by atoms with Crippen molar-refractivity contribution in [2.45, 2.75) is 312 Å². The Morgan fingerprint density at radius 2 is 0.250 bits per heavy atom. The normalized spacial score (nSPS) is 9.12.